The second-order valence-corrected chi connectivity index (χ2v) is 7.08. The fourth-order valence-corrected chi connectivity index (χ4v) is 3.85. The monoisotopic (exact) mass is 440 g/mol. The van der Waals surface area contributed by atoms with Crippen LogP contribution < -0.4 is 5.32 Å². The number of carbonyl (C=O) groups is 1. The number of hydrogen-bond donors (Lipinski definition) is 1. The molecule has 4 rings (SSSR count). The summed E-state index contributed by atoms with van der Waals surface area (Å²) in [5, 5.41) is 7.34. The highest BCUT2D eigenvalue weighted by molar-refractivity contribution is 7.08. The molecule has 1 N–H and O–H groups in total. The molecule has 1 fully saturated rings. The van der Waals surface area contributed by atoms with Gasteiger partial charge in [-0.3, -0.25) is 9.78 Å². The number of amides is 1. The van der Waals surface area contributed by atoms with E-state index in [1.54, 1.807) is 17.5 Å². The number of halogens is 2. The number of nitrogens with zero attached hydrogens (tertiary/aromatic N) is 3. The van der Waals surface area contributed by atoms with Gasteiger partial charge in [-0.2, -0.15) is 11.3 Å². The number of thiophene rings is 1. The molecule has 1 aliphatic heterocycles. The highest BCUT2D eigenvalue weighted by Crippen LogP contribution is 2.26. The van der Waals surface area contributed by atoms with Crippen molar-refractivity contribution in [2.45, 2.75) is 19.4 Å². The number of pyridine rings is 1. The normalized spacial score (nSPS) is 16.2. The van der Waals surface area contributed by atoms with Crippen LogP contribution in [0.25, 0.3) is 11.5 Å². The smallest absolute Gasteiger partial charge is 0.229 e. The zero-order valence-corrected chi connectivity index (χ0v) is 17.8. The summed E-state index contributed by atoms with van der Waals surface area (Å²) in [6.07, 6.45) is 3.82. The van der Waals surface area contributed by atoms with Gasteiger partial charge in [-0.1, -0.05) is 6.07 Å². The fraction of sp³-hybridized carbons (Fsp3) is 0.316. The predicted octanol–water partition coefficient (Wildman–Crippen LogP) is 3.67. The van der Waals surface area contributed by atoms with E-state index in [2.05, 4.69) is 15.3 Å². The molecular formula is C19H22Cl2N4O2S. The van der Waals surface area contributed by atoms with E-state index in [0.717, 1.165) is 24.2 Å². The Hall–Kier alpha value is -1.93. The molecule has 1 saturated heterocycles. The van der Waals surface area contributed by atoms with E-state index in [9.17, 15) is 4.79 Å². The van der Waals surface area contributed by atoms with E-state index in [1.165, 1.54) is 0 Å². The molecule has 3 aromatic heterocycles. The summed E-state index contributed by atoms with van der Waals surface area (Å²) in [4.78, 5) is 23.7. The molecule has 0 aromatic carbocycles. The van der Waals surface area contributed by atoms with Gasteiger partial charge in [0.25, 0.3) is 0 Å². The molecule has 1 aliphatic rings. The van der Waals surface area contributed by atoms with Crippen molar-refractivity contribution in [3.8, 4) is 11.5 Å². The van der Waals surface area contributed by atoms with E-state index in [4.69, 9.17) is 4.42 Å². The van der Waals surface area contributed by atoms with Crippen molar-refractivity contribution >= 4 is 42.1 Å². The van der Waals surface area contributed by atoms with Gasteiger partial charge in [0.15, 0.2) is 0 Å². The van der Waals surface area contributed by atoms with Gasteiger partial charge in [-0.25, -0.2) is 4.98 Å². The van der Waals surface area contributed by atoms with Gasteiger partial charge < -0.3 is 14.6 Å². The van der Waals surface area contributed by atoms with Crippen molar-refractivity contribution < 1.29 is 9.21 Å². The summed E-state index contributed by atoms with van der Waals surface area (Å²) in [6.45, 7) is 4.06. The number of nitrogens with one attached hydrogen (secondary N) is 1. The number of carbonyl (C=O) groups excluding carboxylic acids is 1. The van der Waals surface area contributed by atoms with Crippen molar-refractivity contribution in [3.63, 3.8) is 0 Å². The lowest BCUT2D eigenvalue weighted by molar-refractivity contribution is -0.133. The van der Waals surface area contributed by atoms with Gasteiger partial charge >= 0.3 is 0 Å². The maximum absolute atomic E-state index is 13.0. The van der Waals surface area contributed by atoms with Crippen molar-refractivity contribution in [1.29, 1.82) is 0 Å². The highest BCUT2D eigenvalue weighted by atomic mass is 35.5. The van der Waals surface area contributed by atoms with Crippen LogP contribution >= 0.6 is 36.2 Å². The Labute approximate surface area is 180 Å². The topological polar surface area (TPSA) is 71.3 Å². The first-order chi connectivity index (χ1) is 12.7. The van der Waals surface area contributed by atoms with Crippen molar-refractivity contribution in [3.05, 3.63) is 58.4 Å². The lowest BCUT2D eigenvalue weighted by Crippen LogP contribution is -2.49. The number of piperazine rings is 1. The summed E-state index contributed by atoms with van der Waals surface area (Å²) in [5.41, 5.74) is 2.70. The van der Waals surface area contributed by atoms with Crippen molar-refractivity contribution in [2.75, 3.05) is 19.6 Å². The number of hydrogen-bond acceptors (Lipinski definition) is 6. The van der Waals surface area contributed by atoms with Crippen molar-refractivity contribution in [2.24, 2.45) is 0 Å². The molecule has 1 atom stereocenters. The molecule has 0 bridgehead atoms. The third kappa shape index (κ3) is 4.72. The predicted molar refractivity (Wildman–Crippen MR) is 114 cm³/mol. The first kappa shape index (κ1) is 22.4. The van der Waals surface area contributed by atoms with E-state index in [0.29, 0.717) is 23.9 Å². The second-order valence-electron chi connectivity index (χ2n) is 6.30. The lowest BCUT2D eigenvalue weighted by atomic mass is 10.0. The summed E-state index contributed by atoms with van der Waals surface area (Å²) in [7, 11) is 0. The summed E-state index contributed by atoms with van der Waals surface area (Å²) < 4.78 is 5.76. The van der Waals surface area contributed by atoms with Crippen LogP contribution in [0.2, 0.25) is 0 Å². The molecule has 1 amide bonds. The minimum Gasteiger partial charge on any atom is -0.441 e. The lowest BCUT2D eigenvalue weighted by Gasteiger charge is -2.36. The zero-order chi connectivity index (χ0) is 17.9. The van der Waals surface area contributed by atoms with Gasteiger partial charge in [-0.15, -0.1) is 24.8 Å². The Balaban J connectivity index is 0.00000140. The Morgan fingerprint density at radius 1 is 1.39 bits per heavy atom. The summed E-state index contributed by atoms with van der Waals surface area (Å²) in [6, 6.07) is 5.88. The molecule has 6 nitrogen and oxygen atoms in total. The largest absolute Gasteiger partial charge is 0.441 e. The average molecular weight is 441 g/mol. The maximum Gasteiger partial charge on any atom is 0.229 e. The van der Waals surface area contributed by atoms with Gasteiger partial charge in [0.2, 0.25) is 11.8 Å². The SMILES string of the molecule is Cc1oc(-c2ccsc2)nc1CC(=O)N1CCNCC1c1cccnc1.Cl.Cl. The number of aryl methyl sites for hydroxylation is 1. The van der Waals surface area contributed by atoms with Gasteiger partial charge in [-0.05, 0) is 30.0 Å². The molecule has 0 aliphatic carbocycles. The van der Waals surface area contributed by atoms with Gasteiger partial charge in [0, 0.05) is 43.0 Å². The molecule has 3 aromatic rings. The molecule has 0 saturated carbocycles. The zero-order valence-electron chi connectivity index (χ0n) is 15.3. The number of aromatic nitrogens is 2. The van der Waals surface area contributed by atoms with Gasteiger partial charge in [0.1, 0.15) is 5.76 Å². The Morgan fingerprint density at radius 2 is 2.25 bits per heavy atom. The number of oxazole rings is 1. The molecule has 9 heteroatoms. The van der Waals surface area contributed by atoms with E-state index in [-0.39, 0.29) is 43.2 Å². The molecule has 4 heterocycles. The Kier molecular flexibility index (Phi) is 8.00. The highest BCUT2D eigenvalue weighted by Gasteiger charge is 2.29. The Morgan fingerprint density at radius 3 is 2.96 bits per heavy atom. The quantitative estimate of drug-likeness (QED) is 0.669. The van der Waals surface area contributed by atoms with Crippen LogP contribution in [0.5, 0.6) is 0 Å². The van der Waals surface area contributed by atoms with E-state index < -0.39 is 0 Å². The van der Waals surface area contributed by atoms with E-state index in [1.807, 2.05) is 47.0 Å². The van der Waals surface area contributed by atoms with Crippen LogP contribution in [0.3, 0.4) is 0 Å². The second kappa shape index (κ2) is 10.0. The fourth-order valence-electron chi connectivity index (χ4n) is 3.22. The third-order valence-corrected chi connectivity index (χ3v) is 5.30. The third-order valence-electron chi connectivity index (χ3n) is 4.61. The molecule has 0 radical (unpaired) electrons. The summed E-state index contributed by atoms with van der Waals surface area (Å²) >= 11 is 1.60. The van der Waals surface area contributed by atoms with Crippen LogP contribution in [0.1, 0.15) is 23.1 Å². The standard InChI is InChI=1S/C19H20N4O2S.2ClH/c1-13-16(22-19(25-13)15-4-8-26-12-15)9-18(24)23-7-6-21-11-17(23)14-3-2-5-20-10-14;;/h2-5,8,10,12,17,21H,6-7,9,11H2,1H3;2*1H. The molecule has 28 heavy (non-hydrogen) atoms. The first-order valence-corrected chi connectivity index (χ1v) is 9.55. The molecule has 1 unspecified atom stereocenters. The number of rotatable bonds is 4. The molecular weight excluding hydrogens is 419 g/mol. The molecule has 0 spiro atoms. The average Bonchev–Trinajstić information content (AvgIpc) is 3.33. The maximum atomic E-state index is 13.0. The van der Waals surface area contributed by atoms with E-state index >= 15 is 0 Å². The first-order valence-electron chi connectivity index (χ1n) is 8.61. The van der Waals surface area contributed by atoms with Crippen LogP contribution in [0.4, 0.5) is 0 Å². The van der Waals surface area contributed by atoms with Crippen LogP contribution in [0, 0.1) is 6.92 Å². The van der Waals surface area contributed by atoms with Crippen LogP contribution in [-0.4, -0.2) is 40.4 Å². The molecule has 150 valence electrons. The van der Waals surface area contributed by atoms with Crippen LogP contribution in [-0.2, 0) is 11.2 Å². The van der Waals surface area contributed by atoms with Gasteiger partial charge in [0.05, 0.1) is 18.2 Å². The summed E-state index contributed by atoms with van der Waals surface area (Å²) in [5.74, 6) is 1.34. The minimum atomic E-state index is -0.00602. The Bertz CT molecular complexity index is 887. The van der Waals surface area contributed by atoms with Crippen LogP contribution in [0.15, 0.2) is 45.8 Å². The van der Waals surface area contributed by atoms with Crippen molar-refractivity contribution in [1.82, 2.24) is 20.2 Å². The minimum absolute atomic E-state index is 0.